The lowest BCUT2D eigenvalue weighted by Crippen LogP contribution is -2.37. The molecule has 0 aliphatic carbocycles. The molecule has 1 aliphatic rings. The van der Waals surface area contributed by atoms with Crippen LogP contribution in [0.1, 0.15) is 38.3 Å². The molecular weight excluding hydrogens is 314 g/mol. The highest BCUT2D eigenvalue weighted by atomic mass is 16.2. The number of benzene rings is 1. The molecule has 0 saturated carbocycles. The number of aryl methyl sites for hydroxylation is 2. The summed E-state index contributed by atoms with van der Waals surface area (Å²) in [5, 5.41) is 0. The zero-order valence-corrected chi connectivity index (χ0v) is 14.7. The summed E-state index contributed by atoms with van der Waals surface area (Å²) in [6.07, 6.45) is 4.03. The van der Waals surface area contributed by atoms with E-state index in [1.165, 1.54) is 0 Å². The topological polar surface area (TPSA) is 53.5 Å². The molecular formula is C20H23N3O2. The van der Waals surface area contributed by atoms with E-state index in [-0.39, 0.29) is 11.8 Å². The molecule has 2 amide bonds. The van der Waals surface area contributed by atoms with Gasteiger partial charge < -0.3 is 9.80 Å². The molecule has 1 saturated heterocycles. The van der Waals surface area contributed by atoms with Gasteiger partial charge in [-0.3, -0.25) is 14.6 Å². The third kappa shape index (κ3) is 3.87. The predicted octanol–water partition coefficient (Wildman–Crippen LogP) is 2.69. The Kier molecular flexibility index (Phi) is 5.12. The number of carbonyl (C=O) groups excluding carboxylic acids is 2. The van der Waals surface area contributed by atoms with Gasteiger partial charge in [0.05, 0.1) is 5.56 Å². The summed E-state index contributed by atoms with van der Waals surface area (Å²) in [5.41, 5.74) is 3.42. The second-order valence-corrected chi connectivity index (χ2v) is 6.50. The summed E-state index contributed by atoms with van der Waals surface area (Å²) in [4.78, 5) is 33.1. The van der Waals surface area contributed by atoms with Crippen molar-refractivity contribution in [3.8, 4) is 0 Å². The Balaban J connectivity index is 1.70. The number of rotatable bonds is 2. The first-order valence-corrected chi connectivity index (χ1v) is 8.62. The maximum absolute atomic E-state index is 12.9. The van der Waals surface area contributed by atoms with Crippen molar-refractivity contribution in [2.75, 3.05) is 26.2 Å². The highest BCUT2D eigenvalue weighted by Gasteiger charge is 2.24. The highest BCUT2D eigenvalue weighted by Crippen LogP contribution is 2.16. The third-order valence-electron chi connectivity index (χ3n) is 4.60. The van der Waals surface area contributed by atoms with Gasteiger partial charge in [0.25, 0.3) is 11.8 Å². The summed E-state index contributed by atoms with van der Waals surface area (Å²) in [7, 11) is 0. The Morgan fingerprint density at radius 3 is 2.36 bits per heavy atom. The average molecular weight is 337 g/mol. The van der Waals surface area contributed by atoms with E-state index in [0.717, 1.165) is 23.1 Å². The van der Waals surface area contributed by atoms with Crippen molar-refractivity contribution in [1.82, 2.24) is 14.8 Å². The molecule has 2 heterocycles. The summed E-state index contributed by atoms with van der Waals surface area (Å²) in [6.45, 7) is 6.38. The van der Waals surface area contributed by atoms with E-state index in [4.69, 9.17) is 0 Å². The summed E-state index contributed by atoms with van der Waals surface area (Å²) < 4.78 is 0. The van der Waals surface area contributed by atoms with Gasteiger partial charge >= 0.3 is 0 Å². The molecule has 130 valence electrons. The van der Waals surface area contributed by atoms with Gasteiger partial charge in [-0.1, -0.05) is 17.7 Å². The molecule has 5 heteroatoms. The smallest absolute Gasteiger partial charge is 0.255 e. The minimum Gasteiger partial charge on any atom is -0.337 e. The average Bonchev–Trinajstić information content (AvgIpc) is 2.89. The van der Waals surface area contributed by atoms with E-state index < -0.39 is 0 Å². The molecule has 1 aliphatic heterocycles. The van der Waals surface area contributed by atoms with Crippen LogP contribution >= 0.6 is 0 Å². The Morgan fingerprint density at radius 2 is 1.68 bits per heavy atom. The van der Waals surface area contributed by atoms with Crippen LogP contribution in [0.2, 0.25) is 0 Å². The van der Waals surface area contributed by atoms with Gasteiger partial charge in [0.1, 0.15) is 0 Å². The van der Waals surface area contributed by atoms with E-state index in [0.29, 0.717) is 31.7 Å². The molecule has 1 aromatic heterocycles. The van der Waals surface area contributed by atoms with Gasteiger partial charge in [-0.2, -0.15) is 0 Å². The van der Waals surface area contributed by atoms with E-state index in [2.05, 4.69) is 4.98 Å². The molecule has 5 nitrogen and oxygen atoms in total. The van der Waals surface area contributed by atoms with Crippen molar-refractivity contribution in [2.24, 2.45) is 0 Å². The van der Waals surface area contributed by atoms with Crippen LogP contribution in [0.25, 0.3) is 0 Å². The number of nitrogens with zero attached hydrogens (tertiary/aromatic N) is 3. The van der Waals surface area contributed by atoms with Crippen LogP contribution in [0.15, 0.2) is 42.7 Å². The number of pyridine rings is 1. The van der Waals surface area contributed by atoms with Crippen molar-refractivity contribution >= 4 is 11.8 Å². The summed E-state index contributed by atoms with van der Waals surface area (Å²) in [5.74, 6) is 0.0333. The fourth-order valence-electron chi connectivity index (χ4n) is 3.13. The van der Waals surface area contributed by atoms with Gasteiger partial charge in [0.15, 0.2) is 0 Å². The van der Waals surface area contributed by atoms with E-state index in [1.54, 1.807) is 24.5 Å². The first-order chi connectivity index (χ1) is 12.1. The summed E-state index contributed by atoms with van der Waals surface area (Å²) >= 11 is 0. The fourth-order valence-corrected chi connectivity index (χ4v) is 3.13. The fraction of sp³-hybridized carbons (Fsp3) is 0.350. The Hall–Kier alpha value is -2.69. The third-order valence-corrected chi connectivity index (χ3v) is 4.60. The molecule has 0 spiro atoms. The number of carbonyl (C=O) groups is 2. The number of aromatic nitrogens is 1. The minimum absolute atomic E-state index is 0.0193. The zero-order valence-electron chi connectivity index (χ0n) is 14.7. The van der Waals surface area contributed by atoms with Gasteiger partial charge in [-0.05, 0) is 44.0 Å². The molecule has 3 rings (SSSR count). The number of hydrogen-bond donors (Lipinski definition) is 0. The Morgan fingerprint density at radius 1 is 0.960 bits per heavy atom. The first kappa shape index (κ1) is 17.1. The van der Waals surface area contributed by atoms with Crippen LogP contribution in [0.5, 0.6) is 0 Å². The van der Waals surface area contributed by atoms with Crippen LogP contribution in [-0.4, -0.2) is 52.8 Å². The molecule has 1 aromatic carbocycles. The first-order valence-electron chi connectivity index (χ1n) is 8.62. The van der Waals surface area contributed by atoms with Crippen LogP contribution in [-0.2, 0) is 0 Å². The highest BCUT2D eigenvalue weighted by molar-refractivity contribution is 5.96. The monoisotopic (exact) mass is 337 g/mol. The van der Waals surface area contributed by atoms with E-state index in [9.17, 15) is 9.59 Å². The van der Waals surface area contributed by atoms with Gasteiger partial charge in [0.2, 0.25) is 0 Å². The van der Waals surface area contributed by atoms with Crippen molar-refractivity contribution in [2.45, 2.75) is 20.3 Å². The van der Waals surface area contributed by atoms with E-state index in [1.807, 2.05) is 41.8 Å². The largest absolute Gasteiger partial charge is 0.337 e. The standard InChI is InChI=1S/C20H23N3O2/c1-15-6-7-16(2)18(13-15)20(25)23-10-4-9-22(11-12-23)19(24)17-5-3-8-21-14-17/h3,5-8,13-14H,4,9-12H2,1-2H3. The Labute approximate surface area is 148 Å². The number of amides is 2. The molecule has 0 atom stereocenters. The summed E-state index contributed by atoms with van der Waals surface area (Å²) in [6, 6.07) is 9.49. The zero-order chi connectivity index (χ0) is 17.8. The molecule has 1 fully saturated rings. The van der Waals surface area contributed by atoms with E-state index >= 15 is 0 Å². The van der Waals surface area contributed by atoms with Gasteiger partial charge in [-0.25, -0.2) is 0 Å². The molecule has 0 N–H and O–H groups in total. The SMILES string of the molecule is Cc1ccc(C)c(C(=O)N2CCCN(C(=O)c3cccnc3)CC2)c1. The Bertz CT molecular complexity index is 774. The van der Waals surface area contributed by atoms with Gasteiger partial charge in [-0.15, -0.1) is 0 Å². The van der Waals surface area contributed by atoms with Crippen LogP contribution in [0.4, 0.5) is 0 Å². The quantitative estimate of drug-likeness (QED) is 0.847. The van der Waals surface area contributed by atoms with Crippen molar-refractivity contribution in [3.63, 3.8) is 0 Å². The second kappa shape index (κ2) is 7.47. The van der Waals surface area contributed by atoms with Crippen molar-refractivity contribution < 1.29 is 9.59 Å². The molecule has 0 radical (unpaired) electrons. The van der Waals surface area contributed by atoms with Gasteiger partial charge in [0, 0.05) is 44.1 Å². The molecule has 0 unspecified atom stereocenters. The lowest BCUT2D eigenvalue weighted by Gasteiger charge is -2.23. The molecule has 2 aromatic rings. The van der Waals surface area contributed by atoms with Crippen molar-refractivity contribution in [3.05, 3.63) is 65.0 Å². The molecule has 0 bridgehead atoms. The minimum atomic E-state index is -0.0193. The van der Waals surface area contributed by atoms with Crippen molar-refractivity contribution in [1.29, 1.82) is 0 Å². The lowest BCUT2D eigenvalue weighted by molar-refractivity contribution is 0.0718. The molecule has 25 heavy (non-hydrogen) atoms. The maximum atomic E-state index is 12.9. The number of hydrogen-bond acceptors (Lipinski definition) is 3. The predicted molar refractivity (Wildman–Crippen MR) is 96.6 cm³/mol. The van der Waals surface area contributed by atoms with Crippen LogP contribution < -0.4 is 0 Å². The van der Waals surface area contributed by atoms with Crippen LogP contribution in [0, 0.1) is 13.8 Å². The normalized spacial score (nSPS) is 15.0. The second-order valence-electron chi connectivity index (χ2n) is 6.50. The maximum Gasteiger partial charge on any atom is 0.255 e. The lowest BCUT2D eigenvalue weighted by atomic mass is 10.0. The van der Waals surface area contributed by atoms with Crippen LogP contribution in [0.3, 0.4) is 0 Å².